The first kappa shape index (κ1) is 32.0. The molecule has 2 N–H and O–H groups in total. The second-order valence-electron chi connectivity index (χ2n) is 15.6. The van der Waals surface area contributed by atoms with Gasteiger partial charge >= 0.3 is 6.01 Å². The van der Waals surface area contributed by atoms with Gasteiger partial charge in [0, 0.05) is 86.1 Å². The van der Waals surface area contributed by atoms with E-state index in [1.54, 1.807) is 0 Å². The number of ether oxygens (including phenoxy) is 1. The van der Waals surface area contributed by atoms with Crippen molar-refractivity contribution < 1.29 is 32.2 Å². The largest absolute Gasteiger partial charge is 0.512 e. The number of carbonyl (C=O) groups is 1. The number of carbonyl (C=O) groups excluding carboxylic acids is 1. The molecule has 0 radical (unpaired) electrons. The van der Waals surface area contributed by atoms with Crippen LogP contribution in [0.25, 0.3) is 17.0 Å². The smallest absolute Gasteiger partial charge is 0.319 e. The standard InChI is InChI=1S/C37H40F4N6O3/c1-45-10-8-37(34(45)49)9-11-46(18-37)17-36(6-7-36)19-50-35-43-32-25(33(44-35)47-15-21-3-4-22(16-47)42-21)14-27(39)29(31(32)41)24-13-23(48)12-20-2-5-26(38)30(40)28(20)24/h2,5,12,14,21-22,24,42,48H,3-4,6-11,13,15-19H2,1H3. The maximum absolute atomic E-state index is 16.9. The SMILES string of the molecule is CN1CCC2(CCN(CC3(COc4nc(N5CC6CCC(C5)N6)c5cc(F)c(C6CC(O)=Cc7ccc(F)c(F)c76)c(F)c5n4)CC3)C2)C1=O. The van der Waals surface area contributed by atoms with Crippen molar-refractivity contribution in [1.82, 2.24) is 25.1 Å². The molecule has 4 saturated heterocycles. The quantitative estimate of drug-likeness (QED) is 0.324. The lowest BCUT2D eigenvalue weighted by Gasteiger charge is -2.34. The summed E-state index contributed by atoms with van der Waals surface area (Å²) in [5.41, 5.74) is -1.16. The van der Waals surface area contributed by atoms with Gasteiger partial charge in [0.25, 0.3) is 0 Å². The minimum atomic E-state index is -1.32. The third-order valence-corrected chi connectivity index (χ3v) is 12.2. The number of allylic oxidation sites excluding steroid dienone is 1. The van der Waals surface area contributed by atoms with E-state index in [1.807, 2.05) is 16.8 Å². The first-order valence-corrected chi connectivity index (χ1v) is 17.7. The van der Waals surface area contributed by atoms with E-state index in [-0.39, 0.29) is 69.0 Å². The molecule has 9 nitrogen and oxygen atoms in total. The Morgan fingerprint density at radius 3 is 2.46 bits per heavy atom. The number of halogens is 4. The molecule has 2 aliphatic carbocycles. The molecule has 2 bridgehead atoms. The molecule has 4 unspecified atom stereocenters. The number of nitrogens with one attached hydrogen (secondary N) is 1. The summed E-state index contributed by atoms with van der Waals surface area (Å²) < 4.78 is 69.0. The van der Waals surface area contributed by atoms with Gasteiger partial charge in [-0.1, -0.05) is 6.07 Å². The number of hydrogen-bond donors (Lipinski definition) is 2. The Hall–Kier alpha value is -3.97. The topological polar surface area (TPSA) is 94.1 Å². The molecule has 1 spiro atoms. The Kier molecular flexibility index (Phi) is 7.37. The first-order chi connectivity index (χ1) is 24.0. The molecule has 13 heteroatoms. The lowest BCUT2D eigenvalue weighted by Crippen LogP contribution is -2.51. The molecule has 6 aliphatic rings. The number of anilines is 1. The average Bonchev–Trinajstić information content (AvgIpc) is 3.47. The number of aliphatic hydroxyl groups is 1. The molecule has 1 aromatic heterocycles. The van der Waals surface area contributed by atoms with Crippen LogP contribution in [0.5, 0.6) is 6.01 Å². The second-order valence-corrected chi connectivity index (χ2v) is 15.6. The monoisotopic (exact) mass is 692 g/mol. The zero-order valence-corrected chi connectivity index (χ0v) is 28.0. The van der Waals surface area contributed by atoms with E-state index >= 15 is 13.2 Å². The van der Waals surface area contributed by atoms with Crippen LogP contribution in [0.2, 0.25) is 0 Å². The van der Waals surface area contributed by atoms with Crippen LogP contribution in [0.4, 0.5) is 23.4 Å². The van der Waals surface area contributed by atoms with Crippen molar-refractivity contribution in [3.05, 3.63) is 63.9 Å². The Bertz CT molecular complexity index is 1940. The zero-order chi connectivity index (χ0) is 34.5. The van der Waals surface area contributed by atoms with Crippen molar-refractivity contribution in [1.29, 1.82) is 0 Å². The summed E-state index contributed by atoms with van der Waals surface area (Å²) >= 11 is 0. The summed E-state index contributed by atoms with van der Waals surface area (Å²) in [5.74, 6) is -5.23. The fourth-order valence-corrected chi connectivity index (χ4v) is 9.31. The molecular weight excluding hydrogens is 652 g/mol. The van der Waals surface area contributed by atoms with Gasteiger partial charge in [-0.05, 0) is 68.8 Å². The number of aromatic nitrogens is 2. The predicted molar refractivity (Wildman–Crippen MR) is 178 cm³/mol. The van der Waals surface area contributed by atoms with E-state index in [4.69, 9.17) is 9.72 Å². The van der Waals surface area contributed by atoms with E-state index in [0.717, 1.165) is 70.8 Å². The third kappa shape index (κ3) is 5.22. The van der Waals surface area contributed by atoms with Crippen LogP contribution in [0.15, 0.2) is 24.0 Å². The number of rotatable bonds is 7. The van der Waals surface area contributed by atoms with Crippen molar-refractivity contribution >= 4 is 28.7 Å². The van der Waals surface area contributed by atoms with Crippen molar-refractivity contribution in [3.8, 4) is 6.01 Å². The number of likely N-dealkylation sites (tertiary alicyclic amines) is 2. The minimum Gasteiger partial charge on any atom is -0.512 e. The van der Waals surface area contributed by atoms with Crippen molar-refractivity contribution in [2.75, 3.05) is 57.8 Å². The number of benzene rings is 2. The molecule has 1 amide bonds. The second kappa shape index (κ2) is 11.5. The number of nitrogens with zero attached hydrogens (tertiary/aromatic N) is 5. The Morgan fingerprint density at radius 1 is 0.980 bits per heavy atom. The molecule has 5 heterocycles. The normalized spacial score (nSPS) is 28.5. The van der Waals surface area contributed by atoms with Gasteiger partial charge in [-0.3, -0.25) is 4.79 Å². The lowest BCUT2D eigenvalue weighted by molar-refractivity contribution is -0.134. The van der Waals surface area contributed by atoms with Crippen LogP contribution in [-0.2, 0) is 4.79 Å². The van der Waals surface area contributed by atoms with Crippen LogP contribution < -0.4 is 15.0 Å². The molecule has 2 aromatic carbocycles. The number of hydrogen-bond acceptors (Lipinski definition) is 8. The summed E-state index contributed by atoms with van der Waals surface area (Å²) in [6.45, 7) is 4.65. The Labute approximate surface area is 287 Å². The summed E-state index contributed by atoms with van der Waals surface area (Å²) in [5, 5.41) is 14.3. The first-order valence-electron chi connectivity index (χ1n) is 17.7. The Morgan fingerprint density at radius 2 is 1.74 bits per heavy atom. The highest BCUT2D eigenvalue weighted by molar-refractivity contribution is 5.91. The predicted octanol–water partition coefficient (Wildman–Crippen LogP) is 5.27. The third-order valence-electron chi connectivity index (χ3n) is 12.2. The fourth-order valence-electron chi connectivity index (χ4n) is 9.31. The number of amides is 1. The maximum atomic E-state index is 16.9. The van der Waals surface area contributed by atoms with Crippen LogP contribution in [-0.4, -0.2) is 95.8 Å². The summed E-state index contributed by atoms with van der Waals surface area (Å²) in [4.78, 5) is 28.4. The highest BCUT2D eigenvalue weighted by Crippen LogP contribution is 2.50. The molecule has 4 aliphatic heterocycles. The number of aliphatic hydroxyl groups excluding tert-OH is 1. The van der Waals surface area contributed by atoms with E-state index in [2.05, 4.69) is 15.2 Å². The highest BCUT2D eigenvalue weighted by Gasteiger charge is 2.53. The Balaban J connectivity index is 1.06. The highest BCUT2D eigenvalue weighted by atomic mass is 19.2. The van der Waals surface area contributed by atoms with Gasteiger partial charge in [-0.2, -0.15) is 9.97 Å². The molecule has 9 rings (SSSR count). The van der Waals surface area contributed by atoms with E-state index in [0.29, 0.717) is 25.5 Å². The zero-order valence-electron chi connectivity index (χ0n) is 28.0. The number of fused-ring (bicyclic) bond motifs is 4. The van der Waals surface area contributed by atoms with Gasteiger partial charge in [0.1, 0.15) is 17.2 Å². The average molecular weight is 693 g/mol. The molecule has 1 saturated carbocycles. The van der Waals surface area contributed by atoms with Gasteiger partial charge in [0.15, 0.2) is 17.5 Å². The van der Waals surface area contributed by atoms with Gasteiger partial charge in [-0.15, -0.1) is 0 Å². The molecule has 5 fully saturated rings. The van der Waals surface area contributed by atoms with E-state index < -0.39 is 34.8 Å². The molecule has 50 heavy (non-hydrogen) atoms. The molecule has 264 valence electrons. The van der Waals surface area contributed by atoms with Gasteiger partial charge in [0.2, 0.25) is 5.91 Å². The summed E-state index contributed by atoms with van der Waals surface area (Å²) in [7, 11) is 1.87. The van der Waals surface area contributed by atoms with E-state index in [1.165, 1.54) is 18.2 Å². The van der Waals surface area contributed by atoms with Gasteiger partial charge < -0.3 is 29.9 Å². The lowest BCUT2D eigenvalue weighted by atomic mass is 9.80. The maximum Gasteiger partial charge on any atom is 0.319 e. The van der Waals surface area contributed by atoms with Crippen LogP contribution >= 0.6 is 0 Å². The number of piperazine rings is 1. The summed E-state index contributed by atoms with van der Waals surface area (Å²) in [6.07, 6.45) is 6.57. The molecule has 3 aromatic rings. The van der Waals surface area contributed by atoms with Crippen LogP contribution in [0.1, 0.15) is 67.6 Å². The van der Waals surface area contributed by atoms with Crippen LogP contribution in [0, 0.1) is 34.1 Å². The summed E-state index contributed by atoms with van der Waals surface area (Å²) in [6, 6.07) is 3.80. The van der Waals surface area contributed by atoms with Gasteiger partial charge in [0.05, 0.1) is 17.8 Å². The molecular formula is C37H40F4N6O3. The van der Waals surface area contributed by atoms with Crippen LogP contribution in [0.3, 0.4) is 0 Å². The fraction of sp³-hybridized carbons (Fsp3) is 0.541. The minimum absolute atomic E-state index is 0.0318. The van der Waals surface area contributed by atoms with Crippen molar-refractivity contribution in [2.45, 2.75) is 62.9 Å². The van der Waals surface area contributed by atoms with Crippen molar-refractivity contribution in [2.24, 2.45) is 10.8 Å². The molecule has 4 atom stereocenters. The van der Waals surface area contributed by atoms with Crippen molar-refractivity contribution in [3.63, 3.8) is 0 Å². The van der Waals surface area contributed by atoms with E-state index in [9.17, 15) is 14.3 Å². The van der Waals surface area contributed by atoms with Gasteiger partial charge in [-0.25, -0.2) is 17.6 Å².